The molecule has 1 aliphatic rings. The van der Waals surface area contributed by atoms with Gasteiger partial charge in [-0.3, -0.25) is 4.72 Å². The van der Waals surface area contributed by atoms with Crippen LogP contribution in [-0.2, 0) is 21.3 Å². The summed E-state index contributed by atoms with van der Waals surface area (Å²) in [5.74, 6) is 0.579. The molecular formula is C19H19F3N2O5S. The maximum absolute atomic E-state index is 12.7. The molecule has 1 saturated heterocycles. The molecule has 2 aromatic rings. The number of para-hydroxylation sites is 2. The zero-order valence-electron chi connectivity index (χ0n) is 15.8. The second-order valence-electron chi connectivity index (χ2n) is 6.53. The van der Waals surface area contributed by atoms with Crippen molar-refractivity contribution in [1.29, 1.82) is 0 Å². The number of alkyl halides is 3. The number of nitrogens with zero attached hydrogens (tertiary/aromatic N) is 1. The Morgan fingerprint density at radius 1 is 1.17 bits per heavy atom. The fourth-order valence-electron chi connectivity index (χ4n) is 3.08. The molecule has 11 heteroatoms. The molecule has 1 amide bonds. The Balaban J connectivity index is 1.74. The third-order valence-corrected chi connectivity index (χ3v) is 5.67. The van der Waals surface area contributed by atoms with E-state index < -0.39 is 27.7 Å². The van der Waals surface area contributed by atoms with E-state index in [1.807, 2.05) is 0 Å². The molecule has 1 aliphatic heterocycles. The average molecular weight is 444 g/mol. The predicted molar refractivity (Wildman–Crippen MR) is 102 cm³/mol. The van der Waals surface area contributed by atoms with Crippen molar-refractivity contribution in [2.45, 2.75) is 24.6 Å². The average Bonchev–Trinajstić information content (AvgIpc) is 2.69. The molecule has 0 saturated carbocycles. The van der Waals surface area contributed by atoms with Crippen LogP contribution < -0.4 is 9.46 Å². The molecule has 1 N–H and O–H groups in total. The zero-order chi connectivity index (χ0) is 21.9. The quantitative estimate of drug-likeness (QED) is 0.727. The molecule has 1 atom stereocenters. The molecule has 30 heavy (non-hydrogen) atoms. The van der Waals surface area contributed by atoms with Crippen LogP contribution in [-0.4, -0.2) is 38.6 Å². The lowest BCUT2D eigenvalue weighted by atomic mass is 10.0. The predicted octanol–water partition coefficient (Wildman–Crippen LogP) is 4.04. The number of rotatable bonds is 6. The third kappa shape index (κ3) is 4.61. The molecule has 0 bridgehead atoms. The minimum absolute atomic E-state index is 0.117. The van der Waals surface area contributed by atoms with Crippen LogP contribution in [0.15, 0.2) is 48.5 Å². The first kappa shape index (κ1) is 21.8. The summed E-state index contributed by atoms with van der Waals surface area (Å²) in [6.07, 6.45) is -0.753. The fraction of sp³-hybridized carbons (Fsp3) is 0.316. The van der Waals surface area contributed by atoms with E-state index >= 15 is 0 Å². The van der Waals surface area contributed by atoms with E-state index in [0.29, 0.717) is 17.7 Å². The summed E-state index contributed by atoms with van der Waals surface area (Å²) in [4.78, 5) is 13.8. The van der Waals surface area contributed by atoms with Gasteiger partial charge >= 0.3 is 21.6 Å². The monoisotopic (exact) mass is 444 g/mol. The highest BCUT2D eigenvalue weighted by molar-refractivity contribution is 7.93. The number of benzene rings is 2. The lowest BCUT2D eigenvalue weighted by Crippen LogP contribution is -2.39. The first-order chi connectivity index (χ1) is 14.1. The molecule has 0 aromatic heterocycles. The highest BCUT2D eigenvalue weighted by atomic mass is 32.2. The normalized spacial score (nSPS) is 17.4. The van der Waals surface area contributed by atoms with Gasteiger partial charge in [-0.25, -0.2) is 4.79 Å². The van der Waals surface area contributed by atoms with E-state index in [9.17, 15) is 26.4 Å². The van der Waals surface area contributed by atoms with Gasteiger partial charge in [-0.2, -0.15) is 21.6 Å². The second kappa shape index (κ2) is 8.42. The molecule has 1 heterocycles. The van der Waals surface area contributed by atoms with Crippen LogP contribution >= 0.6 is 0 Å². The fourth-order valence-corrected chi connectivity index (χ4v) is 3.68. The van der Waals surface area contributed by atoms with E-state index in [2.05, 4.69) is 0 Å². The summed E-state index contributed by atoms with van der Waals surface area (Å²) in [7, 11) is -4.07. The van der Waals surface area contributed by atoms with Gasteiger partial charge in [-0.15, -0.1) is 0 Å². The minimum atomic E-state index is -5.58. The maximum atomic E-state index is 12.7. The van der Waals surface area contributed by atoms with Crippen LogP contribution in [0.2, 0.25) is 0 Å². The third-order valence-electron chi connectivity index (χ3n) is 4.58. The first-order valence-electron chi connectivity index (χ1n) is 8.88. The second-order valence-corrected chi connectivity index (χ2v) is 8.21. The van der Waals surface area contributed by atoms with Gasteiger partial charge in [-0.1, -0.05) is 36.4 Å². The van der Waals surface area contributed by atoms with E-state index in [0.717, 1.165) is 0 Å². The Labute approximate surface area is 171 Å². The molecule has 0 spiro atoms. The van der Waals surface area contributed by atoms with Gasteiger partial charge in [0.2, 0.25) is 0 Å². The van der Waals surface area contributed by atoms with Gasteiger partial charge in [0.05, 0.1) is 19.3 Å². The number of methoxy groups -OCH3 is 1. The van der Waals surface area contributed by atoms with Crippen LogP contribution in [0, 0.1) is 0 Å². The summed E-state index contributed by atoms with van der Waals surface area (Å²) >= 11 is 0. The number of cyclic esters (lactones) is 1. The number of anilines is 1. The van der Waals surface area contributed by atoms with Crippen LogP contribution in [0.25, 0.3) is 0 Å². The van der Waals surface area contributed by atoms with Crippen molar-refractivity contribution < 1.29 is 35.9 Å². The molecule has 1 fully saturated rings. The number of sulfonamides is 1. The van der Waals surface area contributed by atoms with E-state index in [-0.39, 0.29) is 24.3 Å². The van der Waals surface area contributed by atoms with E-state index in [1.165, 1.54) is 41.0 Å². The number of carbonyl (C=O) groups excluding carboxylic acids is 1. The molecule has 3 rings (SSSR count). The maximum Gasteiger partial charge on any atom is 0.516 e. The van der Waals surface area contributed by atoms with E-state index in [1.54, 1.807) is 24.3 Å². The summed E-state index contributed by atoms with van der Waals surface area (Å²) in [6.45, 7) is 0.149. The van der Waals surface area contributed by atoms with Crippen molar-refractivity contribution in [3.05, 3.63) is 59.7 Å². The summed E-state index contributed by atoms with van der Waals surface area (Å²) in [5.41, 5.74) is -4.79. The Bertz CT molecular complexity index is 1030. The van der Waals surface area contributed by atoms with Crippen molar-refractivity contribution in [2.24, 2.45) is 0 Å². The number of halogens is 3. The van der Waals surface area contributed by atoms with Gasteiger partial charge in [0.1, 0.15) is 11.9 Å². The zero-order valence-corrected chi connectivity index (χ0v) is 16.7. The molecule has 7 nitrogen and oxygen atoms in total. The van der Waals surface area contributed by atoms with Crippen LogP contribution in [0.5, 0.6) is 5.75 Å². The Morgan fingerprint density at radius 3 is 2.50 bits per heavy atom. The van der Waals surface area contributed by atoms with Crippen LogP contribution in [0.1, 0.15) is 23.7 Å². The van der Waals surface area contributed by atoms with Crippen molar-refractivity contribution >= 4 is 21.8 Å². The van der Waals surface area contributed by atoms with Crippen LogP contribution in [0.3, 0.4) is 0 Å². The largest absolute Gasteiger partial charge is 0.516 e. The molecule has 0 radical (unpaired) electrons. The lowest BCUT2D eigenvalue weighted by Gasteiger charge is -2.32. The molecule has 0 aliphatic carbocycles. The molecular weight excluding hydrogens is 425 g/mol. The topological polar surface area (TPSA) is 84.9 Å². The summed E-state index contributed by atoms with van der Waals surface area (Å²) in [5, 5.41) is 0. The molecule has 1 unspecified atom stereocenters. The number of hydrogen-bond acceptors (Lipinski definition) is 5. The van der Waals surface area contributed by atoms with Crippen molar-refractivity contribution in [1.82, 2.24) is 4.90 Å². The van der Waals surface area contributed by atoms with E-state index in [4.69, 9.17) is 9.47 Å². The van der Waals surface area contributed by atoms with Gasteiger partial charge < -0.3 is 14.4 Å². The SMILES string of the molecule is COc1ccccc1C1CCN(Cc2ccccc2NS(=O)(=O)C(F)(F)F)C(=O)O1. The molecule has 162 valence electrons. The smallest absolute Gasteiger partial charge is 0.496 e. The van der Waals surface area contributed by atoms with Crippen molar-refractivity contribution in [3.8, 4) is 5.75 Å². The highest BCUT2D eigenvalue weighted by Crippen LogP contribution is 2.34. The summed E-state index contributed by atoms with van der Waals surface area (Å²) in [6, 6.07) is 12.7. The standard InChI is InChI=1S/C19H19F3N2O5S/c1-28-16-9-5-3-7-14(16)17-10-11-24(18(25)29-17)12-13-6-2-4-8-15(13)23-30(26,27)19(20,21)22/h2-9,17,23H,10-12H2,1H3. The summed E-state index contributed by atoms with van der Waals surface area (Å²) < 4.78 is 73.3. The Kier molecular flexibility index (Phi) is 6.11. The van der Waals surface area contributed by atoms with Crippen molar-refractivity contribution in [3.63, 3.8) is 0 Å². The highest BCUT2D eigenvalue weighted by Gasteiger charge is 2.46. The number of ether oxygens (including phenoxy) is 2. The van der Waals surface area contributed by atoms with Gasteiger partial charge in [0.15, 0.2) is 0 Å². The number of hydrogen-bond donors (Lipinski definition) is 1. The Morgan fingerprint density at radius 2 is 1.83 bits per heavy atom. The van der Waals surface area contributed by atoms with Gasteiger partial charge in [0, 0.05) is 18.5 Å². The Hall–Kier alpha value is -2.95. The number of carbonyl (C=O) groups is 1. The first-order valence-corrected chi connectivity index (χ1v) is 10.4. The van der Waals surface area contributed by atoms with Gasteiger partial charge in [-0.05, 0) is 17.7 Å². The number of nitrogens with one attached hydrogen (secondary N) is 1. The molecule has 2 aromatic carbocycles. The minimum Gasteiger partial charge on any atom is -0.496 e. The van der Waals surface area contributed by atoms with Crippen LogP contribution in [0.4, 0.5) is 23.7 Å². The number of amides is 1. The van der Waals surface area contributed by atoms with Crippen molar-refractivity contribution in [2.75, 3.05) is 18.4 Å². The lowest BCUT2D eigenvalue weighted by molar-refractivity contribution is -0.0429. The van der Waals surface area contributed by atoms with Gasteiger partial charge in [0.25, 0.3) is 0 Å².